The van der Waals surface area contributed by atoms with E-state index >= 15 is 0 Å². The van der Waals surface area contributed by atoms with Crippen molar-refractivity contribution in [2.24, 2.45) is 5.73 Å². The highest BCUT2D eigenvalue weighted by Crippen LogP contribution is 2.21. The topological polar surface area (TPSA) is 26.0 Å². The summed E-state index contributed by atoms with van der Waals surface area (Å²) in [6.45, 7) is 1.80. The summed E-state index contributed by atoms with van der Waals surface area (Å²) in [7, 11) is 0. The first-order valence-corrected chi connectivity index (χ1v) is 5.54. The summed E-state index contributed by atoms with van der Waals surface area (Å²) in [5.41, 5.74) is 6.72. The fraction of sp³-hybridized carbons (Fsp3) is 0.333. The van der Waals surface area contributed by atoms with Crippen LogP contribution in [0.3, 0.4) is 0 Å². The van der Waals surface area contributed by atoms with Crippen LogP contribution in [0.25, 0.3) is 0 Å². The highest BCUT2D eigenvalue weighted by Gasteiger charge is 2.07. The molecule has 0 spiro atoms. The van der Waals surface area contributed by atoms with E-state index in [9.17, 15) is 4.39 Å². The Balaban J connectivity index is 2.68. The van der Waals surface area contributed by atoms with Gasteiger partial charge in [-0.25, -0.2) is 4.39 Å². The van der Waals surface area contributed by atoms with Crippen molar-refractivity contribution in [3.63, 3.8) is 0 Å². The highest BCUT2D eigenvalue weighted by molar-refractivity contribution is 9.10. The van der Waals surface area contributed by atoms with Crippen molar-refractivity contribution in [1.82, 2.24) is 0 Å². The molecule has 0 fully saturated rings. The Morgan fingerprint density at radius 2 is 2.27 bits per heavy atom. The molecule has 1 nitrogen and oxygen atoms in total. The van der Waals surface area contributed by atoms with E-state index in [1.54, 1.807) is 13.0 Å². The smallest absolute Gasteiger partial charge is 0.137 e. The van der Waals surface area contributed by atoms with E-state index in [1.165, 1.54) is 6.07 Å². The monoisotopic (exact) mass is 269 g/mol. The van der Waals surface area contributed by atoms with Gasteiger partial charge in [0.25, 0.3) is 0 Å². The highest BCUT2D eigenvalue weighted by atomic mass is 79.9. The van der Waals surface area contributed by atoms with Gasteiger partial charge in [-0.15, -0.1) is 11.8 Å². The Morgan fingerprint density at radius 3 is 2.87 bits per heavy atom. The van der Waals surface area contributed by atoms with Gasteiger partial charge in [-0.05, 0) is 47.0 Å². The molecule has 0 heterocycles. The summed E-state index contributed by atoms with van der Waals surface area (Å²) in [6, 6.07) is 4.83. The largest absolute Gasteiger partial charge is 0.324 e. The van der Waals surface area contributed by atoms with Crippen LogP contribution in [0.4, 0.5) is 4.39 Å². The van der Waals surface area contributed by atoms with Crippen LogP contribution in [0, 0.1) is 17.7 Å². The first kappa shape index (κ1) is 12.2. The SMILES string of the molecule is CC#CCCC(N)c1ccc(Br)c(F)c1. The molecule has 0 saturated carbocycles. The molecule has 0 aromatic heterocycles. The molecule has 0 bridgehead atoms. The summed E-state index contributed by atoms with van der Waals surface area (Å²) >= 11 is 3.10. The van der Waals surface area contributed by atoms with E-state index in [-0.39, 0.29) is 11.9 Å². The first-order chi connectivity index (χ1) is 7.15. The Morgan fingerprint density at radius 1 is 1.53 bits per heavy atom. The second kappa shape index (κ2) is 5.89. The third kappa shape index (κ3) is 3.65. The van der Waals surface area contributed by atoms with E-state index in [0.29, 0.717) is 4.47 Å². The third-order valence-electron chi connectivity index (χ3n) is 2.13. The molecular weight excluding hydrogens is 257 g/mol. The molecule has 3 heteroatoms. The lowest BCUT2D eigenvalue weighted by atomic mass is 10.0. The first-order valence-electron chi connectivity index (χ1n) is 4.75. The van der Waals surface area contributed by atoms with E-state index in [0.717, 1.165) is 18.4 Å². The Labute approximate surface area is 98.0 Å². The molecule has 0 saturated heterocycles. The average Bonchev–Trinajstić information content (AvgIpc) is 2.22. The van der Waals surface area contributed by atoms with Gasteiger partial charge in [0.15, 0.2) is 0 Å². The normalized spacial score (nSPS) is 11.7. The van der Waals surface area contributed by atoms with E-state index in [2.05, 4.69) is 27.8 Å². The standard InChI is InChI=1S/C12H13BrFN/c1-2-3-4-5-12(15)9-6-7-10(13)11(14)8-9/h6-8,12H,4-5,15H2,1H3. The van der Waals surface area contributed by atoms with E-state index in [4.69, 9.17) is 5.73 Å². The zero-order valence-corrected chi connectivity index (χ0v) is 10.1. The average molecular weight is 270 g/mol. The number of halogens is 2. The van der Waals surface area contributed by atoms with E-state index in [1.807, 2.05) is 6.07 Å². The van der Waals surface area contributed by atoms with Gasteiger partial charge in [0.1, 0.15) is 5.82 Å². The molecule has 0 radical (unpaired) electrons. The van der Waals surface area contributed by atoms with Gasteiger partial charge in [0.2, 0.25) is 0 Å². The Bertz CT molecular complexity index is 392. The number of hydrogen-bond acceptors (Lipinski definition) is 1. The molecule has 1 unspecified atom stereocenters. The quantitative estimate of drug-likeness (QED) is 0.837. The van der Waals surface area contributed by atoms with Crippen molar-refractivity contribution >= 4 is 15.9 Å². The van der Waals surface area contributed by atoms with Gasteiger partial charge in [-0.2, -0.15) is 0 Å². The fourth-order valence-corrected chi connectivity index (χ4v) is 1.51. The van der Waals surface area contributed by atoms with Crippen LogP contribution in [-0.4, -0.2) is 0 Å². The zero-order valence-electron chi connectivity index (χ0n) is 8.56. The molecule has 15 heavy (non-hydrogen) atoms. The number of hydrogen-bond donors (Lipinski definition) is 1. The maximum Gasteiger partial charge on any atom is 0.137 e. The maximum absolute atomic E-state index is 13.2. The predicted octanol–water partition coefficient (Wildman–Crippen LogP) is 3.39. The molecular formula is C12H13BrFN. The van der Waals surface area contributed by atoms with Crippen molar-refractivity contribution in [2.45, 2.75) is 25.8 Å². The van der Waals surface area contributed by atoms with Crippen LogP contribution in [0.5, 0.6) is 0 Å². The lowest BCUT2D eigenvalue weighted by Gasteiger charge is -2.10. The van der Waals surface area contributed by atoms with Gasteiger partial charge >= 0.3 is 0 Å². The van der Waals surface area contributed by atoms with Crippen LogP contribution in [0.2, 0.25) is 0 Å². The van der Waals surface area contributed by atoms with Crippen LogP contribution in [0.15, 0.2) is 22.7 Å². The van der Waals surface area contributed by atoms with Crippen molar-refractivity contribution in [1.29, 1.82) is 0 Å². The molecule has 1 aromatic rings. The van der Waals surface area contributed by atoms with Crippen LogP contribution >= 0.6 is 15.9 Å². The predicted molar refractivity (Wildman–Crippen MR) is 63.7 cm³/mol. The van der Waals surface area contributed by atoms with Crippen LogP contribution < -0.4 is 5.73 Å². The van der Waals surface area contributed by atoms with Crippen LogP contribution in [-0.2, 0) is 0 Å². The minimum absolute atomic E-state index is 0.145. The Kier molecular flexibility index (Phi) is 4.80. The van der Waals surface area contributed by atoms with Crippen LogP contribution in [0.1, 0.15) is 31.4 Å². The molecule has 1 atom stereocenters. The molecule has 0 aliphatic rings. The van der Waals surface area contributed by atoms with Gasteiger partial charge in [0, 0.05) is 12.5 Å². The lowest BCUT2D eigenvalue weighted by molar-refractivity contribution is 0.607. The zero-order chi connectivity index (χ0) is 11.3. The lowest BCUT2D eigenvalue weighted by Crippen LogP contribution is -2.10. The molecule has 0 amide bonds. The minimum atomic E-state index is -0.274. The maximum atomic E-state index is 13.2. The van der Waals surface area contributed by atoms with Crippen molar-refractivity contribution in [2.75, 3.05) is 0 Å². The molecule has 2 N–H and O–H groups in total. The minimum Gasteiger partial charge on any atom is -0.324 e. The molecule has 1 aromatic carbocycles. The van der Waals surface area contributed by atoms with E-state index < -0.39 is 0 Å². The number of rotatable bonds is 3. The number of nitrogens with two attached hydrogens (primary N) is 1. The number of benzene rings is 1. The summed E-state index contributed by atoms with van der Waals surface area (Å²) in [4.78, 5) is 0. The molecule has 80 valence electrons. The molecule has 1 rings (SSSR count). The fourth-order valence-electron chi connectivity index (χ4n) is 1.26. The van der Waals surface area contributed by atoms with Crippen molar-refractivity contribution in [3.8, 4) is 11.8 Å². The molecule has 0 aliphatic carbocycles. The molecule has 0 aliphatic heterocycles. The summed E-state index contributed by atoms with van der Waals surface area (Å²) in [5.74, 6) is 5.48. The van der Waals surface area contributed by atoms with Crippen molar-refractivity contribution in [3.05, 3.63) is 34.1 Å². The summed E-state index contributed by atoms with van der Waals surface area (Å²) < 4.78 is 13.7. The van der Waals surface area contributed by atoms with Gasteiger partial charge in [0.05, 0.1) is 4.47 Å². The third-order valence-corrected chi connectivity index (χ3v) is 2.77. The van der Waals surface area contributed by atoms with Crippen molar-refractivity contribution < 1.29 is 4.39 Å². The summed E-state index contributed by atoms with van der Waals surface area (Å²) in [6.07, 6.45) is 1.50. The van der Waals surface area contributed by atoms with Gasteiger partial charge in [-0.3, -0.25) is 0 Å². The van der Waals surface area contributed by atoms with Gasteiger partial charge in [-0.1, -0.05) is 6.07 Å². The summed E-state index contributed by atoms with van der Waals surface area (Å²) in [5, 5.41) is 0. The Hall–Kier alpha value is -0.850. The second-order valence-electron chi connectivity index (χ2n) is 3.25. The van der Waals surface area contributed by atoms with Gasteiger partial charge < -0.3 is 5.73 Å². The second-order valence-corrected chi connectivity index (χ2v) is 4.10.